The van der Waals surface area contributed by atoms with Crippen LogP contribution < -0.4 is 10.9 Å². The van der Waals surface area contributed by atoms with Crippen LogP contribution in [0.3, 0.4) is 0 Å². The largest absolute Gasteiger partial charge is 0.393 e. The number of anilines is 1. The average Bonchev–Trinajstić information content (AvgIpc) is 2.80. The zero-order chi connectivity index (χ0) is 24.5. The second kappa shape index (κ2) is 9.54. The Morgan fingerprint density at radius 1 is 1.15 bits per heavy atom. The van der Waals surface area contributed by atoms with Crippen molar-refractivity contribution in [2.45, 2.75) is 59.2 Å². The number of hydrogen-bond donors (Lipinski definition) is 2. The fraction of sp³-hybridized carbons (Fsp3) is 0.462. The summed E-state index contributed by atoms with van der Waals surface area (Å²) in [6, 6.07) is 10.7. The summed E-state index contributed by atoms with van der Waals surface area (Å²) in [5.41, 5.74) is 2.09. The molecule has 8 nitrogen and oxygen atoms in total. The molecular formula is C26H33N5O3. The highest BCUT2D eigenvalue weighted by Crippen LogP contribution is 2.22. The molecule has 2 N–H and O–H groups in total. The van der Waals surface area contributed by atoms with Gasteiger partial charge in [-0.25, -0.2) is 4.98 Å². The number of amides is 1. The maximum atomic E-state index is 12.7. The smallest absolute Gasteiger partial charge is 0.253 e. The van der Waals surface area contributed by atoms with Crippen molar-refractivity contribution >= 4 is 22.9 Å². The van der Waals surface area contributed by atoms with E-state index in [0.717, 1.165) is 10.9 Å². The number of aliphatic hydroxyl groups excluding tert-OH is 1. The topological polar surface area (TPSA) is 100 Å². The predicted octanol–water partition coefficient (Wildman–Crippen LogP) is 3.61. The monoisotopic (exact) mass is 463 g/mol. The van der Waals surface area contributed by atoms with Gasteiger partial charge in [0.05, 0.1) is 12.1 Å². The van der Waals surface area contributed by atoms with Gasteiger partial charge in [0.2, 0.25) is 5.95 Å². The minimum atomic E-state index is -0.307. The number of nitrogens with one attached hydrogen (secondary N) is 1. The molecule has 3 aromatic rings. The van der Waals surface area contributed by atoms with E-state index in [2.05, 4.69) is 36.1 Å². The molecule has 34 heavy (non-hydrogen) atoms. The molecule has 0 radical (unpaired) electrons. The van der Waals surface area contributed by atoms with Crippen LogP contribution in [0.4, 0.5) is 5.95 Å². The summed E-state index contributed by atoms with van der Waals surface area (Å²) in [5, 5.41) is 13.8. The van der Waals surface area contributed by atoms with Crippen LogP contribution in [0.5, 0.6) is 0 Å². The highest BCUT2D eigenvalue weighted by Gasteiger charge is 2.22. The Morgan fingerprint density at radius 3 is 2.47 bits per heavy atom. The van der Waals surface area contributed by atoms with Gasteiger partial charge in [-0.2, -0.15) is 4.98 Å². The van der Waals surface area contributed by atoms with E-state index in [1.54, 1.807) is 27.8 Å². The Bertz CT molecular complexity index is 1220. The lowest BCUT2D eigenvalue weighted by Gasteiger charge is -2.29. The van der Waals surface area contributed by atoms with E-state index in [0.29, 0.717) is 49.6 Å². The van der Waals surface area contributed by atoms with Gasteiger partial charge in [-0.1, -0.05) is 32.9 Å². The molecule has 1 aliphatic rings. The quantitative estimate of drug-likeness (QED) is 0.600. The van der Waals surface area contributed by atoms with E-state index >= 15 is 0 Å². The third-order valence-electron chi connectivity index (χ3n) is 6.11. The molecule has 1 aliphatic heterocycles. The van der Waals surface area contributed by atoms with Crippen molar-refractivity contribution in [3.8, 4) is 0 Å². The standard InChI is InChI=1S/C26H33N5O3/c1-17(18-5-7-19(8-6-18)24(34)30-13-11-21(32)12-14-30)28-25-27-15-20-9-10-22(33)31(23(20)29-25)16-26(2,3)4/h5-10,15,17,21,32H,11-14,16H2,1-4H3,(H,27,28,29). The fourth-order valence-corrected chi connectivity index (χ4v) is 4.21. The number of hydrogen-bond acceptors (Lipinski definition) is 6. The second-order valence-corrected chi connectivity index (χ2v) is 10.3. The van der Waals surface area contributed by atoms with E-state index in [1.165, 1.54) is 0 Å². The van der Waals surface area contributed by atoms with Crippen LogP contribution in [-0.2, 0) is 6.54 Å². The lowest BCUT2D eigenvalue weighted by atomic mass is 9.97. The van der Waals surface area contributed by atoms with Gasteiger partial charge < -0.3 is 15.3 Å². The third kappa shape index (κ3) is 5.44. The first-order valence-electron chi connectivity index (χ1n) is 11.8. The molecule has 3 heterocycles. The number of aliphatic hydroxyl groups is 1. The number of aromatic nitrogens is 3. The molecule has 1 aromatic carbocycles. The van der Waals surface area contributed by atoms with Crippen LogP contribution in [-0.4, -0.2) is 49.6 Å². The lowest BCUT2D eigenvalue weighted by Crippen LogP contribution is -2.40. The first-order chi connectivity index (χ1) is 16.1. The van der Waals surface area contributed by atoms with Crippen LogP contribution in [0, 0.1) is 5.41 Å². The minimum absolute atomic E-state index is 0.00579. The normalized spacial score (nSPS) is 16.0. The molecule has 1 atom stereocenters. The lowest BCUT2D eigenvalue weighted by molar-refractivity contribution is 0.0546. The van der Waals surface area contributed by atoms with E-state index in [-0.39, 0.29) is 29.0 Å². The number of piperidine rings is 1. The van der Waals surface area contributed by atoms with Gasteiger partial charge in [0.15, 0.2) is 0 Å². The van der Waals surface area contributed by atoms with Crippen molar-refractivity contribution in [1.29, 1.82) is 0 Å². The Hall–Kier alpha value is -3.26. The van der Waals surface area contributed by atoms with Gasteiger partial charge in [-0.15, -0.1) is 0 Å². The predicted molar refractivity (Wildman–Crippen MR) is 133 cm³/mol. The molecule has 1 saturated heterocycles. The van der Waals surface area contributed by atoms with Crippen LogP contribution in [0.1, 0.15) is 62.5 Å². The SMILES string of the molecule is CC(Nc1ncc2ccc(=O)n(CC(C)(C)C)c2n1)c1ccc(C(=O)N2CCC(O)CC2)cc1. The number of nitrogens with zero attached hydrogens (tertiary/aromatic N) is 4. The van der Waals surface area contributed by atoms with Crippen molar-refractivity contribution in [2.75, 3.05) is 18.4 Å². The summed E-state index contributed by atoms with van der Waals surface area (Å²) < 4.78 is 1.70. The molecule has 0 aliphatic carbocycles. The number of likely N-dealkylation sites (tertiary alicyclic amines) is 1. The van der Waals surface area contributed by atoms with Crippen LogP contribution in [0.15, 0.2) is 47.4 Å². The number of benzene rings is 1. The highest BCUT2D eigenvalue weighted by molar-refractivity contribution is 5.94. The van der Waals surface area contributed by atoms with Crippen molar-refractivity contribution in [3.63, 3.8) is 0 Å². The number of pyridine rings is 1. The highest BCUT2D eigenvalue weighted by atomic mass is 16.3. The van der Waals surface area contributed by atoms with Crippen molar-refractivity contribution in [1.82, 2.24) is 19.4 Å². The number of carbonyl (C=O) groups is 1. The van der Waals surface area contributed by atoms with Gasteiger partial charge in [0, 0.05) is 42.8 Å². The first kappa shape index (κ1) is 23.9. The van der Waals surface area contributed by atoms with Gasteiger partial charge in [-0.05, 0) is 48.9 Å². The fourth-order valence-electron chi connectivity index (χ4n) is 4.21. The number of carbonyl (C=O) groups excluding carboxylic acids is 1. The molecule has 180 valence electrons. The van der Waals surface area contributed by atoms with Gasteiger partial charge in [0.25, 0.3) is 11.5 Å². The summed E-state index contributed by atoms with van der Waals surface area (Å²) in [7, 11) is 0. The summed E-state index contributed by atoms with van der Waals surface area (Å²) in [6.07, 6.45) is 2.67. The molecule has 8 heteroatoms. The van der Waals surface area contributed by atoms with Crippen molar-refractivity contribution in [3.05, 3.63) is 64.1 Å². The molecule has 0 spiro atoms. The van der Waals surface area contributed by atoms with E-state index < -0.39 is 0 Å². The summed E-state index contributed by atoms with van der Waals surface area (Å²) in [5.74, 6) is 0.439. The Labute approximate surface area is 199 Å². The molecule has 0 bridgehead atoms. The third-order valence-corrected chi connectivity index (χ3v) is 6.11. The van der Waals surface area contributed by atoms with E-state index in [4.69, 9.17) is 0 Å². The molecule has 0 saturated carbocycles. The zero-order valence-corrected chi connectivity index (χ0v) is 20.3. The van der Waals surface area contributed by atoms with Crippen molar-refractivity contribution < 1.29 is 9.90 Å². The number of fused-ring (bicyclic) bond motifs is 1. The molecule has 1 amide bonds. The second-order valence-electron chi connectivity index (χ2n) is 10.3. The zero-order valence-electron chi connectivity index (χ0n) is 20.3. The van der Waals surface area contributed by atoms with Gasteiger partial charge in [0.1, 0.15) is 5.65 Å². The van der Waals surface area contributed by atoms with Crippen LogP contribution >= 0.6 is 0 Å². The molecule has 1 fully saturated rings. The summed E-state index contributed by atoms with van der Waals surface area (Å²) >= 11 is 0. The minimum Gasteiger partial charge on any atom is -0.393 e. The average molecular weight is 464 g/mol. The molecule has 1 unspecified atom stereocenters. The Morgan fingerprint density at radius 2 is 1.82 bits per heavy atom. The summed E-state index contributed by atoms with van der Waals surface area (Å²) in [6.45, 7) is 9.99. The molecule has 4 rings (SSSR count). The first-order valence-corrected chi connectivity index (χ1v) is 11.8. The number of rotatable bonds is 5. The summed E-state index contributed by atoms with van der Waals surface area (Å²) in [4.78, 5) is 36.2. The maximum Gasteiger partial charge on any atom is 0.253 e. The van der Waals surface area contributed by atoms with Gasteiger partial charge >= 0.3 is 0 Å². The maximum absolute atomic E-state index is 12.7. The van der Waals surface area contributed by atoms with E-state index in [9.17, 15) is 14.7 Å². The van der Waals surface area contributed by atoms with E-state index in [1.807, 2.05) is 31.2 Å². The van der Waals surface area contributed by atoms with Crippen molar-refractivity contribution in [2.24, 2.45) is 5.41 Å². The Kier molecular flexibility index (Phi) is 6.70. The Balaban J connectivity index is 1.50. The van der Waals surface area contributed by atoms with Gasteiger partial charge in [-0.3, -0.25) is 14.2 Å². The molecular weight excluding hydrogens is 430 g/mol. The van der Waals surface area contributed by atoms with Crippen LogP contribution in [0.25, 0.3) is 11.0 Å². The molecule has 2 aromatic heterocycles. The van der Waals surface area contributed by atoms with Crippen LogP contribution in [0.2, 0.25) is 0 Å².